The Hall–Kier alpha value is -5.49. The number of piperidine rings is 2. The summed E-state index contributed by atoms with van der Waals surface area (Å²) in [6.07, 6.45) is 38.9. The molecular formula is C80H123FN2O14. The van der Waals surface area contributed by atoms with Crippen molar-refractivity contribution in [1.29, 1.82) is 0 Å². The second-order valence-corrected chi connectivity index (χ2v) is 28.2. The first-order valence-electron chi connectivity index (χ1n) is 38.1. The normalized spacial score (nSPS) is 22.1. The molecule has 16 nitrogen and oxygen atoms in total. The molecule has 2 N–H and O–H groups in total. The maximum Gasteiger partial charge on any atom is 0.320 e. The predicted octanol–water partition coefficient (Wildman–Crippen LogP) is 16.0. The van der Waals surface area contributed by atoms with Crippen LogP contribution >= 0.6 is 0 Å². The van der Waals surface area contributed by atoms with Crippen LogP contribution in [0, 0.1) is 17.7 Å². The summed E-state index contributed by atoms with van der Waals surface area (Å²) in [6, 6.07) is 16.5. The lowest BCUT2D eigenvalue weighted by atomic mass is 9.76. The maximum atomic E-state index is 13.8. The fraction of sp³-hybridized carbons (Fsp3) is 0.725. The van der Waals surface area contributed by atoms with E-state index in [1.165, 1.54) is 26.4 Å². The number of hydrogen-bond acceptors (Lipinski definition) is 16. The molecule has 97 heavy (non-hydrogen) atoms. The quantitative estimate of drug-likeness (QED) is 0.0273. The molecule has 17 heteroatoms. The lowest BCUT2D eigenvalue weighted by Crippen LogP contribution is -2.53. The standard InChI is InChI=1S/C80H123FN2O14/c1-5-7-28-42-71(96-75(88)58-82-63-50-52-67(82)77(79(90)92-3)65(56-63)60-38-30-27-31-39-60)69(84)40-32-21-15-9-11-17-23-34-44-73(86)94-54-36-25-19-13-14-20-26-37-55-95-74(87)45-35-24-18-12-10-16-22-33-41-70(85)72(43-29-8-6-2)97-76(89)59-83-64-51-53-68(83)78(80(91)93-4)66(57-64)61-46-48-62(81)49-47-61/h21-22,27,30-33,38-39,46-49,63-72,77-78,84-85H,5-20,23-26,28-29,34-37,40-45,50-59H2,1-4H3/b32-21-,33-22-/t63-,64+,65-,66+,67?,68?,69?,70?,71?,72?,77?,78?/m1/s1. The summed E-state index contributed by atoms with van der Waals surface area (Å²) >= 11 is 0. The molecule has 4 saturated heterocycles. The fourth-order valence-corrected chi connectivity index (χ4v) is 15.6. The molecule has 12 atom stereocenters. The molecule has 4 aliphatic rings. The van der Waals surface area contributed by atoms with Gasteiger partial charge in [0.2, 0.25) is 0 Å². The number of allylic oxidation sites excluding steroid dienone is 2. The van der Waals surface area contributed by atoms with E-state index in [9.17, 15) is 43.4 Å². The zero-order chi connectivity index (χ0) is 69.4. The van der Waals surface area contributed by atoms with E-state index < -0.39 is 36.3 Å². The smallest absolute Gasteiger partial charge is 0.320 e. The molecule has 0 saturated carbocycles. The van der Waals surface area contributed by atoms with E-state index >= 15 is 0 Å². The molecule has 2 aromatic rings. The summed E-state index contributed by atoms with van der Waals surface area (Å²) in [7, 11) is 2.83. The third-order valence-electron chi connectivity index (χ3n) is 21.0. The van der Waals surface area contributed by atoms with Crippen molar-refractivity contribution < 1.29 is 71.8 Å². The Morgan fingerprint density at radius 3 is 1.28 bits per heavy atom. The van der Waals surface area contributed by atoms with Crippen molar-refractivity contribution in [3.05, 3.63) is 95.8 Å². The van der Waals surface area contributed by atoms with Crippen molar-refractivity contribution in [2.75, 3.05) is 40.5 Å². The van der Waals surface area contributed by atoms with Crippen molar-refractivity contribution in [1.82, 2.24) is 9.80 Å². The number of carbonyl (C=O) groups is 6. The van der Waals surface area contributed by atoms with E-state index in [0.29, 0.717) is 58.2 Å². The number of hydrogen-bond donors (Lipinski definition) is 2. The first kappa shape index (κ1) is 80.5. The number of aliphatic hydroxyl groups is 2. The molecule has 4 heterocycles. The van der Waals surface area contributed by atoms with E-state index in [-0.39, 0.29) is 90.7 Å². The Morgan fingerprint density at radius 1 is 0.474 bits per heavy atom. The monoisotopic (exact) mass is 1350 g/mol. The summed E-state index contributed by atoms with van der Waals surface area (Å²) in [4.78, 5) is 82.4. The summed E-state index contributed by atoms with van der Waals surface area (Å²) in [5, 5.41) is 22.5. The van der Waals surface area contributed by atoms with E-state index in [4.69, 9.17) is 28.4 Å². The number of unbranched alkanes of at least 4 members (excludes halogenated alkanes) is 21. The van der Waals surface area contributed by atoms with Gasteiger partial charge in [0, 0.05) is 48.8 Å². The first-order valence-corrected chi connectivity index (χ1v) is 38.1. The SMILES string of the molecule is CCCCCC(OC(=O)CN1C2CC[C@@H]1C[C@H](c1ccccc1)C2C(=O)OC)C(O)C/C=C\CCCCCCCC(=O)OCCCCCCCCCCOC(=O)CCCCCCC/C=C\CC(O)C(CCCCC)OC(=O)CN1C2CC[C@H]1C[C@@H](c1ccc(F)cc1)C2C(=O)OC. The zero-order valence-electron chi connectivity index (χ0n) is 59.7. The largest absolute Gasteiger partial charge is 0.469 e. The Balaban J connectivity index is 0.692. The van der Waals surface area contributed by atoms with E-state index in [2.05, 4.69) is 47.9 Å². The third-order valence-corrected chi connectivity index (χ3v) is 21.0. The maximum absolute atomic E-state index is 13.8. The average molecular weight is 1360 g/mol. The Morgan fingerprint density at radius 2 is 0.866 bits per heavy atom. The van der Waals surface area contributed by atoms with Gasteiger partial charge < -0.3 is 38.6 Å². The number of ether oxygens (including phenoxy) is 6. The number of nitrogens with zero attached hydrogens (tertiary/aromatic N) is 2. The van der Waals surface area contributed by atoms with Crippen molar-refractivity contribution >= 4 is 35.8 Å². The molecule has 544 valence electrons. The Labute approximate surface area is 581 Å². The van der Waals surface area contributed by atoms with Crippen LogP contribution in [-0.4, -0.2) is 145 Å². The van der Waals surface area contributed by atoms with Gasteiger partial charge in [0.15, 0.2) is 0 Å². The summed E-state index contributed by atoms with van der Waals surface area (Å²) in [5.41, 5.74) is 2.03. The minimum absolute atomic E-state index is 0.0417. The molecule has 4 fully saturated rings. The molecule has 4 bridgehead atoms. The van der Waals surface area contributed by atoms with Gasteiger partial charge >= 0.3 is 35.8 Å². The molecule has 0 aromatic heterocycles. The Kier molecular flexibility index (Phi) is 38.8. The highest BCUT2D eigenvalue weighted by atomic mass is 19.1. The number of esters is 6. The van der Waals surface area contributed by atoms with Crippen molar-refractivity contribution in [2.45, 2.75) is 318 Å². The number of halogens is 1. The van der Waals surface area contributed by atoms with Crippen LogP contribution in [-0.2, 0) is 57.2 Å². The molecule has 0 amide bonds. The van der Waals surface area contributed by atoms with Crippen molar-refractivity contribution in [3.63, 3.8) is 0 Å². The number of methoxy groups -OCH3 is 2. The lowest BCUT2D eigenvalue weighted by molar-refractivity contribution is -0.161. The van der Waals surface area contributed by atoms with Crippen LogP contribution in [0.25, 0.3) is 0 Å². The minimum atomic E-state index is -0.821. The van der Waals surface area contributed by atoms with Gasteiger partial charge in [-0.15, -0.1) is 0 Å². The van der Waals surface area contributed by atoms with Crippen LogP contribution in [0.5, 0.6) is 0 Å². The van der Waals surface area contributed by atoms with Crippen LogP contribution in [0.15, 0.2) is 78.9 Å². The van der Waals surface area contributed by atoms with Gasteiger partial charge in [-0.3, -0.25) is 38.6 Å². The summed E-state index contributed by atoms with van der Waals surface area (Å²) < 4.78 is 47.4. The van der Waals surface area contributed by atoms with E-state index in [1.807, 2.05) is 30.4 Å². The number of benzene rings is 2. The highest BCUT2D eigenvalue weighted by Gasteiger charge is 2.53. The van der Waals surface area contributed by atoms with Crippen LogP contribution < -0.4 is 0 Å². The second-order valence-electron chi connectivity index (χ2n) is 28.2. The van der Waals surface area contributed by atoms with Crippen LogP contribution in [0.2, 0.25) is 0 Å². The van der Waals surface area contributed by atoms with Gasteiger partial charge in [-0.25, -0.2) is 4.39 Å². The summed E-state index contributed by atoms with van der Waals surface area (Å²) in [6.45, 7) is 5.34. The van der Waals surface area contributed by atoms with Crippen LogP contribution in [0.1, 0.15) is 281 Å². The number of carbonyl (C=O) groups excluding carboxylic acids is 6. The molecule has 4 aliphatic heterocycles. The third kappa shape index (κ3) is 28.6. The van der Waals surface area contributed by atoms with E-state index in [0.717, 1.165) is 210 Å². The fourth-order valence-electron chi connectivity index (χ4n) is 15.6. The molecule has 0 radical (unpaired) electrons. The lowest BCUT2D eigenvalue weighted by Gasteiger charge is -2.43. The summed E-state index contributed by atoms with van der Waals surface area (Å²) in [5.74, 6) is -2.77. The van der Waals surface area contributed by atoms with Gasteiger partial charge in [-0.05, 0) is 152 Å². The molecule has 8 unspecified atom stereocenters. The predicted molar refractivity (Wildman–Crippen MR) is 377 cm³/mol. The van der Waals surface area contributed by atoms with Crippen LogP contribution in [0.4, 0.5) is 4.39 Å². The first-order chi connectivity index (χ1) is 47.3. The average Bonchev–Trinajstić information content (AvgIpc) is 1.69. The number of fused-ring (bicyclic) bond motifs is 4. The number of rotatable bonds is 51. The van der Waals surface area contributed by atoms with E-state index in [1.54, 1.807) is 12.1 Å². The van der Waals surface area contributed by atoms with Gasteiger partial charge in [0.05, 0.1) is 64.6 Å². The van der Waals surface area contributed by atoms with Gasteiger partial charge in [-0.2, -0.15) is 0 Å². The topological polar surface area (TPSA) is 205 Å². The molecular weight excluding hydrogens is 1230 g/mol. The molecule has 0 aliphatic carbocycles. The highest BCUT2D eigenvalue weighted by Crippen LogP contribution is 2.49. The molecule has 2 aromatic carbocycles. The highest BCUT2D eigenvalue weighted by molar-refractivity contribution is 5.77. The van der Waals surface area contributed by atoms with Gasteiger partial charge in [0.1, 0.15) is 18.0 Å². The van der Waals surface area contributed by atoms with Crippen molar-refractivity contribution in [2.24, 2.45) is 11.8 Å². The zero-order valence-corrected chi connectivity index (χ0v) is 59.7. The second kappa shape index (κ2) is 46.8. The van der Waals surface area contributed by atoms with Crippen LogP contribution in [0.3, 0.4) is 0 Å². The minimum Gasteiger partial charge on any atom is -0.469 e. The molecule has 6 rings (SSSR count). The molecule has 0 spiro atoms. The van der Waals surface area contributed by atoms with Crippen molar-refractivity contribution in [3.8, 4) is 0 Å². The Bertz CT molecular complexity index is 2620. The van der Waals surface area contributed by atoms with Gasteiger partial charge in [-0.1, -0.05) is 183 Å². The van der Waals surface area contributed by atoms with Gasteiger partial charge in [0.25, 0.3) is 0 Å². The number of aliphatic hydroxyl groups excluding tert-OH is 2.